The minimum Gasteiger partial charge on any atom is -0.379 e. The second kappa shape index (κ2) is 5.22. The van der Waals surface area contributed by atoms with E-state index in [1.54, 1.807) is 11.3 Å². The van der Waals surface area contributed by atoms with E-state index in [4.69, 9.17) is 4.74 Å². The van der Waals surface area contributed by atoms with Gasteiger partial charge in [-0.25, -0.2) is 9.36 Å². The summed E-state index contributed by atoms with van der Waals surface area (Å²) < 4.78 is 9.44. The second-order valence-corrected chi connectivity index (χ2v) is 5.53. The summed E-state index contributed by atoms with van der Waals surface area (Å²) in [4.78, 5) is 7.04. The highest BCUT2D eigenvalue weighted by Gasteiger charge is 2.13. The number of rotatable bonds is 3. The molecule has 17 heavy (non-hydrogen) atoms. The highest BCUT2D eigenvalue weighted by molar-refractivity contribution is 7.10. The van der Waals surface area contributed by atoms with Crippen LogP contribution < -0.4 is 0 Å². The molecule has 3 rings (SSSR count). The van der Waals surface area contributed by atoms with E-state index >= 15 is 0 Å². The van der Waals surface area contributed by atoms with Crippen LogP contribution in [0, 0.1) is 0 Å². The first-order chi connectivity index (χ1) is 8.42. The first-order valence-corrected chi connectivity index (χ1v) is 7.28. The van der Waals surface area contributed by atoms with Crippen molar-refractivity contribution in [2.24, 2.45) is 0 Å². The molecular weight excluding hydrogens is 254 g/mol. The van der Waals surface area contributed by atoms with Crippen molar-refractivity contribution in [3.05, 3.63) is 22.0 Å². The lowest BCUT2D eigenvalue weighted by Crippen LogP contribution is -2.35. The zero-order valence-corrected chi connectivity index (χ0v) is 11.0. The summed E-state index contributed by atoms with van der Waals surface area (Å²) in [6.07, 6.45) is 1.87. The maximum Gasteiger partial charge on any atom is 0.107 e. The van der Waals surface area contributed by atoms with Crippen molar-refractivity contribution in [1.29, 1.82) is 0 Å². The van der Waals surface area contributed by atoms with Crippen LogP contribution in [0.15, 0.2) is 17.0 Å². The molecule has 0 aromatic carbocycles. The summed E-state index contributed by atoms with van der Waals surface area (Å²) >= 11 is 3.19. The Kier molecular flexibility index (Phi) is 3.46. The van der Waals surface area contributed by atoms with Crippen molar-refractivity contribution in [2.75, 3.05) is 26.3 Å². The number of nitrogens with zero attached hydrogens (tertiary/aromatic N) is 3. The SMILES string of the molecule is c1nscc1-c1csc(CN2CCOCC2)n1. The molecular formula is C11H13N3OS2. The van der Waals surface area contributed by atoms with Gasteiger partial charge in [0.25, 0.3) is 0 Å². The van der Waals surface area contributed by atoms with E-state index in [-0.39, 0.29) is 0 Å². The predicted molar refractivity (Wildman–Crippen MR) is 69.3 cm³/mol. The van der Waals surface area contributed by atoms with Crippen LogP contribution in [0.3, 0.4) is 0 Å². The Morgan fingerprint density at radius 3 is 2.94 bits per heavy atom. The molecule has 1 saturated heterocycles. The Morgan fingerprint density at radius 2 is 2.18 bits per heavy atom. The molecule has 4 nitrogen and oxygen atoms in total. The first-order valence-electron chi connectivity index (χ1n) is 5.56. The summed E-state index contributed by atoms with van der Waals surface area (Å²) in [5, 5.41) is 5.32. The van der Waals surface area contributed by atoms with E-state index in [2.05, 4.69) is 19.6 Å². The van der Waals surface area contributed by atoms with Crippen molar-refractivity contribution in [3.63, 3.8) is 0 Å². The Hall–Kier alpha value is -0.820. The number of ether oxygens (including phenoxy) is 1. The van der Waals surface area contributed by atoms with Crippen molar-refractivity contribution >= 4 is 22.9 Å². The van der Waals surface area contributed by atoms with Crippen LogP contribution >= 0.6 is 22.9 Å². The minimum absolute atomic E-state index is 0.840. The molecule has 1 aliphatic rings. The summed E-state index contributed by atoms with van der Waals surface area (Å²) in [5.41, 5.74) is 2.17. The van der Waals surface area contributed by atoms with Gasteiger partial charge in [-0.1, -0.05) is 0 Å². The molecule has 2 aromatic rings. The third-order valence-electron chi connectivity index (χ3n) is 2.74. The molecule has 0 spiro atoms. The lowest BCUT2D eigenvalue weighted by atomic mass is 10.3. The summed E-state index contributed by atoms with van der Waals surface area (Å²) in [5.74, 6) is 0. The van der Waals surface area contributed by atoms with Gasteiger partial charge in [0.05, 0.1) is 31.6 Å². The number of hydrogen-bond donors (Lipinski definition) is 0. The van der Waals surface area contributed by atoms with Gasteiger partial charge in [0.15, 0.2) is 0 Å². The number of aromatic nitrogens is 2. The fraction of sp³-hybridized carbons (Fsp3) is 0.455. The third kappa shape index (κ3) is 2.71. The molecule has 0 N–H and O–H groups in total. The van der Waals surface area contributed by atoms with E-state index in [0.717, 1.165) is 44.1 Å². The molecule has 0 bridgehead atoms. The molecule has 0 radical (unpaired) electrons. The van der Waals surface area contributed by atoms with Crippen LogP contribution in [0.1, 0.15) is 5.01 Å². The highest BCUT2D eigenvalue weighted by atomic mass is 32.1. The first kappa shape index (κ1) is 11.3. The van der Waals surface area contributed by atoms with Gasteiger partial charge in [0.2, 0.25) is 0 Å². The Morgan fingerprint density at radius 1 is 1.29 bits per heavy atom. The second-order valence-electron chi connectivity index (χ2n) is 3.93. The maximum atomic E-state index is 5.34. The van der Waals surface area contributed by atoms with Crippen molar-refractivity contribution in [1.82, 2.24) is 14.3 Å². The minimum atomic E-state index is 0.840. The Labute approximate surface area is 108 Å². The topological polar surface area (TPSA) is 38.2 Å². The standard InChI is InChI=1S/C11H13N3OS2/c1-3-15-4-2-14(1)6-11-13-10(8-16-11)9-5-12-17-7-9/h5,7-8H,1-4,6H2. The predicted octanol–water partition coefficient (Wildman–Crippen LogP) is 2.10. The average molecular weight is 267 g/mol. The van der Waals surface area contributed by atoms with Gasteiger partial charge in [-0.3, -0.25) is 4.90 Å². The monoisotopic (exact) mass is 267 g/mol. The highest BCUT2D eigenvalue weighted by Crippen LogP contribution is 2.23. The van der Waals surface area contributed by atoms with E-state index in [1.807, 2.05) is 11.6 Å². The summed E-state index contributed by atoms with van der Waals surface area (Å²) in [6, 6.07) is 0. The van der Waals surface area contributed by atoms with Crippen LogP contribution in [0.2, 0.25) is 0 Å². The van der Waals surface area contributed by atoms with Gasteiger partial charge in [-0.05, 0) is 11.5 Å². The van der Waals surface area contributed by atoms with Gasteiger partial charge in [0, 0.05) is 29.4 Å². The average Bonchev–Trinajstić information content (AvgIpc) is 3.00. The van der Waals surface area contributed by atoms with Gasteiger partial charge in [-0.15, -0.1) is 11.3 Å². The molecule has 0 saturated carbocycles. The van der Waals surface area contributed by atoms with Gasteiger partial charge in [-0.2, -0.15) is 0 Å². The van der Waals surface area contributed by atoms with Crippen molar-refractivity contribution in [2.45, 2.75) is 6.54 Å². The number of thiazole rings is 1. The third-order valence-corrected chi connectivity index (χ3v) is 4.16. The molecule has 0 aliphatic carbocycles. The lowest BCUT2D eigenvalue weighted by Gasteiger charge is -2.25. The van der Waals surface area contributed by atoms with Gasteiger partial charge < -0.3 is 4.74 Å². The number of hydrogen-bond acceptors (Lipinski definition) is 6. The molecule has 6 heteroatoms. The molecule has 1 aliphatic heterocycles. The Bertz CT molecular complexity index is 463. The van der Waals surface area contributed by atoms with Crippen LogP contribution in [0.25, 0.3) is 11.3 Å². The van der Waals surface area contributed by atoms with Crippen LogP contribution in [-0.2, 0) is 11.3 Å². The van der Waals surface area contributed by atoms with Crippen LogP contribution in [-0.4, -0.2) is 40.6 Å². The van der Waals surface area contributed by atoms with Crippen molar-refractivity contribution < 1.29 is 4.74 Å². The number of morpholine rings is 1. The summed E-state index contributed by atoms with van der Waals surface area (Å²) in [7, 11) is 0. The maximum absolute atomic E-state index is 5.34. The lowest BCUT2D eigenvalue weighted by molar-refractivity contribution is 0.0342. The molecule has 2 aromatic heterocycles. The Balaban J connectivity index is 1.68. The molecule has 0 amide bonds. The molecule has 3 heterocycles. The fourth-order valence-corrected chi connectivity index (χ4v) is 3.17. The van der Waals surface area contributed by atoms with E-state index in [1.165, 1.54) is 16.5 Å². The fourth-order valence-electron chi connectivity index (χ4n) is 1.80. The van der Waals surface area contributed by atoms with Crippen LogP contribution in [0.4, 0.5) is 0 Å². The van der Waals surface area contributed by atoms with Crippen molar-refractivity contribution in [3.8, 4) is 11.3 Å². The molecule has 0 atom stereocenters. The van der Waals surface area contributed by atoms with E-state index in [0.29, 0.717) is 0 Å². The van der Waals surface area contributed by atoms with Crippen LogP contribution in [0.5, 0.6) is 0 Å². The van der Waals surface area contributed by atoms with Gasteiger partial charge >= 0.3 is 0 Å². The van der Waals surface area contributed by atoms with E-state index in [9.17, 15) is 0 Å². The van der Waals surface area contributed by atoms with Gasteiger partial charge in [0.1, 0.15) is 5.01 Å². The normalized spacial score (nSPS) is 17.4. The molecule has 1 fully saturated rings. The molecule has 0 unspecified atom stereocenters. The smallest absolute Gasteiger partial charge is 0.107 e. The zero-order chi connectivity index (χ0) is 11.5. The largest absolute Gasteiger partial charge is 0.379 e. The zero-order valence-electron chi connectivity index (χ0n) is 9.33. The quantitative estimate of drug-likeness (QED) is 0.853. The summed E-state index contributed by atoms with van der Waals surface area (Å²) in [6.45, 7) is 4.63. The van der Waals surface area contributed by atoms with E-state index < -0.39 is 0 Å². The molecule has 90 valence electrons.